The fourth-order valence-corrected chi connectivity index (χ4v) is 1.02. The van der Waals surface area contributed by atoms with Crippen LogP contribution in [0.15, 0.2) is 23.4 Å². The van der Waals surface area contributed by atoms with Crippen molar-refractivity contribution in [3.05, 3.63) is 28.9 Å². The first-order valence-corrected chi connectivity index (χ1v) is 4.44. The van der Waals surface area contributed by atoms with Crippen molar-refractivity contribution in [3.8, 4) is 0 Å². The molecule has 72 valence electrons. The lowest BCUT2D eigenvalue weighted by molar-refractivity contribution is 0.530. The van der Waals surface area contributed by atoms with Gasteiger partial charge in [0.25, 0.3) is 5.56 Å². The van der Waals surface area contributed by atoms with E-state index in [0.717, 1.165) is 6.54 Å². The standard InChI is InChI=1S/C9H15N3O/c1-8(2)11-5-6-12-7-10-4-3-9(12)13/h3-4,7-8,11H,5-6H2,1-2H3. The van der Waals surface area contributed by atoms with Crippen LogP contribution in [0.1, 0.15) is 13.8 Å². The first-order valence-electron chi connectivity index (χ1n) is 4.44. The van der Waals surface area contributed by atoms with E-state index >= 15 is 0 Å². The lowest BCUT2D eigenvalue weighted by Crippen LogP contribution is -2.30. The molecular weight excluding hydrogens is 166 g/mol. The number of aromatic nitrogens is 2. The molecule has 4 nitrogen and oxygen atoms in total. The van der Waals surface area contributed by atoms with Gasteiger partial charge in [-0.1, -0.05) is 13.8 Å². The summed E-state index contributed by atoms with van der Waals surface area (Å²) in [5.41, 5.74) is 0.000515. The highest BCUT2D eigenvalue weighted by atomic mass is 16.1. The number of rotatable bonds is 4. The molecule has 1 N–H and O–H groups in total. The predicted octanol–water partition coefficient (Wildman–Crippen LogP) is 0.241. The maximum absolute atomic E-state index is 11.2. The van der Waals surface area contributed by atoms with E-state index in [4.69, 9.17) is 0 Å². The molecule has 0 saturated heterocycles. The van der Waals surface area contributed by atoms with Crippen LogP contribution in [-0.2, 0) is 6.54 Å². The maximum Gasteiger partial charge on any atom is 0.253 e. The fraction of sp³-hybridized carbons (Fsp3) is 0.556. The monoisotopic (exact) mass is 181 g/mol. The van der Waals surface area contributed by atoms with E-state index in [2.05, 4.69) is 24.1 Å². The van der Waals surface area contributed by atoms with Crippen molar-refractivity contribution in [3.63, 3.8) is 0 Å². The lowest BCUT2D eigenvalue weighted by atomic mass is 10.4. The Morgan fingerprint density at radius 2 is 2.38 bits per heavy atom. The molecule has 13 heavy (non-hydrogen) atoms. The number of hydrogen-bond donors (Lipinski definition) is 1. The van der Waals surface area contributed by atoms with Gasteiger partial charge in [0, 0.05) is 31.4 Å². The summed E-state index contributed by atoms with van der Waals surface area (Å²) in [6.07, 6.45) is 3.07. The van der Waals surface area contributed by atoms with E-state index in [-0.39, 0.29) is 5.56 Å². The van der Waals surface area contributed by atoms with Crippen LogP contribution in [0.2, 0.25) is 0 Å². The van der Waals surface area contributed by atoms with Crippen molar-refractivity contribution in [1.29, 1.82) is 0 Å². The van der Waals surface area contributed by atoms with Gasteiger partial charge in [-0.05, 0) is 0 Å². The summed E-state index contributed by atoms with van der Waals surface area (Å²) in [7, 11) is 0. The molecule has 0 radical (unpaired) electrons. The molecule has 1 heterocycles. The fourth-order valence-electron chi connectivity index (χ4n) is 1.02. The normalized spacial score (nSPS) is 10.7. The van der Waals surface area contributed by atoms with Crippen molar-refractivity contribution < 1.29 is 0 Å². The van der Waals surface area contributed by atoms with Crippen LogP contribution in [0.25, 0.3) is 0 Å². The predicted molar refractivity (Wildman–Crippen MR) is 51.6 cm³/mol. The molecule has 0 saturated carbocycles. The van der Waals surface area contributed by atoms with E-state index in [9.17, 15) is 4.79 Å². The quantitative estimate of drug-likeness (QED) is 0.724. The largest absolute Gasteiger partial charge is 0.313 e. The van der Waals surface area contributed by atoms with Gasteiger partial charge >= 0.3 is 0 Å². The summed E-state index contributed by atoms with van der Waals surface area (Å²) in [4.78, 5) is 15.1. The minimum Gasteiger partial charge on any atom is -0.313 e. The third kappa shape index (κ3) is 3.38. The second-order valence-corrected chi connectivity index (χ2v) is 3.22. The molecule has 1 rings (SSSR count). The van der Waals surface area contributed by atoms with Crippen molar-refractivity contribution in [1.82, 2.24) is 14.9 Å². The second-order valence-electron chi connectivity index (χ2n) is 3.22. The Hall–Kier alpha value is -1.16. The van der Waals surface area contributed by atoms with Crippen molar-refractivity contribution in [2.75, 3.05) is 6.54 Å². The highest BCUT2D eigenvalue weighted by Crippen LogP contribution is 1.79. The van der Waals surface area contributed by atoms with Gasteiger partial charge in [-0.2, -0.15) is 0 Å². The Labute approximate surface area is 77.6 Å². The average molecular weight is 181 g/mol. The molecule has 0 fully saturated rings. The highest BCUT2D eigenvalue weighted by Gasteiger charge is 1.95. The Balaban J connectivity index is 2.46. The Morgan fingerprint density at radius 1 is 1.62 bits per heavy atom. The zero-order chi connectivity index (χ0) is 9.68. The van der Waals surface area contributed by atoms with Crippen LogP contribution in [0.3, 0.4) is 0 Å². The van der Waals surface area contributed by atoms with E-state index in [1.54, 1.807) is 10.9 Å². The first-order chi connectivity index (χ1) is 6.20. The topological polar surface area (TPSA) is 46.9 Å². The highest BCUT2D eigenvalue weighted by molar-refractivity contribution is 4.81. The van der Waals surface area contributed by atoms with Crippen molar-refractivity contribution in [2.45, 2.75) is 26.4 Å². The molecule has 4 heteroatoms. The van der Waals surface area contributed by atoms with E-state index < -0.39 is 0 Å². The van der Waals surface area contributed by atoms with Gasteiger partial charge in [-0.3, -0.25) is 9.36 Å². The summed E-state index contributed by atoms with van der Waals surface area (Å²) in [5.74, 6) is 0. The van der Waals surface area contributed by atoms with Gasteiger partial charge in [0.15, 0.2) is 0 Å². The summed E-state index contributed by atoms with van der Waals surface area (Å²) in [6.45, 7) is 5.62. The zero-order valence-electron chi connectivity index (χ0n) is 8.03. The lowest BCUT2D eigenvalue weighted by Gasteiger charge is -2.08. The van der Waals surface area contributed by atoms with E-state index in [1.807, 2.05) is 0 Å². The van der Waals surface area contributed by atoms with E-state index in [0.29, 0.717) is 12.6 Å². The molecule has 0 aromatic carbocycles. The minimum absolute atomic E-state index is 0.000515. The van der Waals surface area contributed by atoms with Gasteiger partial charge in [-0.15, -0.1) is 0 Å². The summed E-state index contributed by atoms with van der Waals surface area (Å²) >= 11 is 0. The maximum atomic E-state index is 11.2. The molecule has 1 aromatic rings. The molecule has 0 aliphatic carbocycles. The third-order valence-electron chi connectivity index (χ3n) is 1.70. The average Bonchev–Trinajstić information content (AvgIpc) is 2.08. The number of hydrogen-bond acceptors (Lipinski definition) is 3. The second kappa shape index (κ2) is 4.77. The number of nitrogens with zero attached hydrogens (tertiary/aromatic N) is 2. The van der Waals surface area contributed by atoms with Gasteiger partial charge in [-0.25, -0.2) is 4.98 Å². The third-order valence-corrected chi connectivity index (χ3v) is 1.70. The van der Waals surface area contributed by atoms with Crippen LogP contribution in [0.4, 0.5) is 0 Å². The molecule has 0 amide bonds. The Bertz CT molecular complexity index is 306. The van der Waals surface area contributed by atoms with Crippen LogP contribution in [0, 0.1) is 0 Å². The van der Waals surface area contributed by atoms with Crippen molar-refractivity contribution in [2.24, 2.45) is 0 Å². The Morgan fingerprint density at radius 3 is 3.00 bits per heavy atom. The molecule has 1 aromatic heterocycles. The SMILES string of the molecule is CC(C)NCCn1cnccc1=O. The molecule has 0 spiro atoms. The Kier molecular flexibility index (Phi) is 3.64. The van der Waals surface area contributed by atoms with Crippen LogP contribution >= 0.6 is 0 Å². The summed E-state index contributed by atoms with van der Waals surface area (Å²) in [5, 5.41) is 3.23. The van der Waals surface area contributed by atoms with Gasteiger partial charge in [0.2, 0.25) is 0 Å². The molecule has 0 unspecified atom stereocenters. The van der Waals surface area contributed by atoms with Crippen LogP contribution in [0.5, 0.6) is 0 Å². The van der Waals surface area contributed by atoms with Crippen molar-refractivity contribution >= 4 is 0 Å². The first kappa shape index (κ1) is 9.92. The zero-order valence-corrected chi connectivity index (χ0v) is 8.03. The molecule has 0 atom stereocenters. The van der Waals surface area contributed by atoms with E-state index in [1.165, 1.54) is 12.3 Å². The molecule has 0 aliphatic rings. The number of nitrogens with one attached hydrogen (secondary N) is 1. The molecule has 0 bridgehead atoms. The molecule has 0 aliphatic heterocycles. The summed E-state index contributed by atoms with van der Waals surface area (Å²) in [6, 6.07) is 1.92. The van der Waals surface area contributed by atoms with Gasteiger partial charge < -0.3 is 5.32 Å². The van der Waals surface area contributed by atoms with Gasteiger partial charge in [0.1, 0.15) is 0 Å². The van der Waals surface area contributed by atoms with Gasteiger partial charge in [0.05, 0.1) is 6.33 Å². The van der Waals surface area contributed by atoms with Crippen LogP contribution in [-0.4, -0.2) is 22.1 Å². The van der Waals surface area contributed by atoms with Crippen LogP contribution < -0.4 is 10.9 Å². The minimum atomic E-state index is 0.000515. The smallest absolute Gasteiger partial charge is 0.253 e. The molecular formula is C9H15N3O. The summed E-state index contributed by atoms with van der Waals surface area (Å²) < 4.78 is 1.59.